The molecule has 0 radical (unpaired) electrons. The van der Waals surface area contributed by atoms with Crippen LogP contribution < -0.4 is 16.9 Å². The molecule has 2 aromatic heterocycles. The first-order chi connectivity index (χ1) is 10.1. The minimum Gasteiger partial charge on any atom is -0.459 e. The third-order valence-corrected chi connectivity index (χ3v) is 3.44. The van der Waals surface area contributed by atoms with Gasteiger partial charge in [0, 0.05) is 31.4 Å². The summed E-state index contributed by atoms with van der Waals surface area (Å²) in [6, 6.07) is 8.94. The SMILES string of the molecule is Cn1ccn(CC(N)c2cc3ccccc3o2)c(=O)c1=O. The van der Waals surface area contributed by atoms with Crippen LogP contribution in [0.5, 0.6) is 0 Å². The number of aryl methyl sites for hydroxylation is 1. The van der Waals surface area contributed by atoms with Gasteiger partial charge in [-0.15, -0.1) is 0 Å². The summed E-state index contributed by atoms with van der Waals surface area (Å²) in [6.45, 7) is 0.189. The van der Waals surface area contributed by atoms with Gasteiger partial charge in [-0.3, -0.25) is 9.59 Å². The third-order valence-electron chi connectivity index (χ3n) is 3.44. The summed E-state index contributed by atoms with van der Waals surface area (Å²) in [5, 5.41) is 0.958. The lowest BCUT2D eigenvalue weighted by Crippen LogP contribution is -2.40. The summed E-state index contributed by atoms with van der Waals surface area (Å²) >= 11 is 0. The fourth-order valence-corrected chi connectivity index (χ4v) is 2.22. The van der Waals surface area contributed by atoms with Crippen LogP contribution in [0.25, 0.3) is 11.0 Å². The van der Waals surface area contributed by atoms with Gasteiger partial charge in [-0.05, 0) is 12.1 Å². The lowest BCUT2D eigenvalue weighted by atomic mass is 10.2. The van der Waals surface area contributed by atoms with Crippen molar-refractivity contribution in [2.24, 2.45) is 12.8 Å². The average Bonchev–Trinajstić information content (AvgIpc) is 2.92. The molecule has 1 aromatic carbocycles. The summed E-state index contributed by atoms with van der Waals surface area (Å²) in [6.07, 6.45) is 3.08. The highest BCUT2D eigenvalue weighted by Gasteiger charge is 2.14. The summed E-state index contributed by atoms with van der Waals surface area (Å²) < 4.78 is 8.22. The Kier molecular flexibility index (Phi) is 3.23. The molecule has 1 unspecified atom stereocenters. The van der Waals surface area contributed by atoms with Gasteiger partial charge in [-0.2, -0.15) is 0 Å². The maximum Gasteiger partial charge on any atom is 0.316 e. The molecule has 2 N–H and O–H groups in total. The highest BCUT2D eigenvalue weighted by atomic mass is 16.3. The van der Waals surface area contributed by atoms with Gasteiger partial charge < -0.3 is 19.3 Å². The monoisotopic (exact) mass is 285 g/mol. The van der Waals surface area contributed by atoms with Gasteiger partial charge in [-0.1, -0.05) is 18.2 Å². The van der Waals surface area contributed by atoms with Crippen LogP contribution >= 0.6 is 0 Å². The fourth-order valence-electron chi connectivity index (χ4n) is 2.22. The molecule has 108 valence electrons. The Hall–Kier alpha value is -2.60. The van der Waals surface area contributed by atoms with Gasteiger partial charge in [0.25, 0.3) is 0 Å². The number of para-hydroxylation sites is 1. The highest BCUT2D eigenvalue weighted by Crippen LogP contribution is 2.23. The molecule has 0 spiro atoms. The lowest BCUT2D eigenvalue weighted by Gasteiger charge is -2.11. The summed E-state index contributed by atoms with van der Waals surface area (Å²) in [4.78, 5) is 23.5. The molecule has 0 aliphatic rings. The Bertz CT molecular complexity index is 871. The van der Waals surface area contributed by atoms with Crippen LogP contribution in [-0.4, -0.2) is 9.13 Å². The second-order valence-corrected chi connectivity index (χ2v) is 4.96. The fraction of sp³-hybridized carbons (Fsp3) is 0.200. The van der Waals surface area contributed by atoms with Crippen LogP contribution in [0.15, 0.2) is 56.7 Å². The largest absolute Gasteiger partial charge is 0.459 e. The Morgan fingerprint density at radius 2 is 1.95 bits per heavy atom. The maximum atomic E-state index is 11.9. The van der Waals surface area contributed by atoms with E-state index in [0.717, 1.165) is 11.0 Å². The molecule has 6 heteroatoms. The molecule has 2 heterocycles. The van der Waals surface area contributed by atoms with Crippen LogP contribution in [-0.2, 0) is 13.6 Å². The van der Waals surface area contributed by atoms with Crippen molar-refractivity contribution < 1.29 is 4.42 Å². The zero-order valence-corrected chi connectivity index (χ0v) is 11.5. The number of furan rings is 1. The van der Waals surface area contributed by atoms with Crippen LogP contribution in [0, 0.1) is 0 Å². The van der Waals surface area contributed by atoms with E-state index in [0.29, 0.717) is 5.76 Å². The normalized spacial score (nSPS) is 12.7. The van der Waals surface area contributed by atoms with Crippen molar-refractivity contribution in [3.63, 3.8) is 0 Å². The topological polar surface area (TPSA) is 83.2 Å². The third kappa shape index (κ3) is 2.41. The Balaban J connectivity index is 1.93. The molecule has 0 aliphatic carbocycles. The quantitative estimate of drug-likeness (QED) is 0.727. The van der Waals surface area contributed by atoms with E-state index in [4.69, 9.17) is 10.2 Å². The Morgan fingerprint density at radius 1 is 1.19 bits per heavy atom. The number of hydrogen-bond acceptors (Lipinski definition) is 4. The highest BCUT2D eigenvalue weighted by molar-refractivity contribution is 5.77. The van der Waals surface area contributed by atoms with Gasteiger partial charge in [0.15, 0.2) is 0 Å². The molecule has 3 rings (SSSR count). The second kappa shape index (κ2) is 5.06. The number of nitrogens with two attached hydrogens (primary N) is 1. The van der Waals surface area contributed by atoms with E-state index in [1.165, 1.54) is 22.4 Å². The van der Waals surface area contributed by atoms with Crippen molar-refractivity contribution in [3.05, 3.63) is 69.2 Å². The van der Waals surface area contributed by atoms with Gasteiger partial charge >= 0.3 is 11.1 Å². The van der Waals surface area contributed by atoms with Crippen LogP contribution in [0.1, 0.15) is 11.8 Å². The van der Waals surface area contributed by atoms with Gasteiger partial charge in [-0.25, -0.2) is 0 Å². The molecule has 1 atom stereocenters. The predicted octanol–water partition coefficient (Wildman–Crippen LogP) is 0.993. The molecule has 0 saturated heterocycles. The molecule has 0 aliphatic heterocycles. The molecule has 0 fully saturated rings. The number of hydrogen-bond donors (Lipinski definition) is 1. The molecule has 3 aromatic rings. The molecule has 0 amide bonds. The summed E-state index contributed by atoms with van der Waals surface area (Å²) in [5.74, 6) is 0.587. The zero-order valence-electron chi connectivity index (χ0n) is 11.5. The van der Waals surface area contributed by atoms with Crippen molar-refractivity contribution >= 4 is 11.0 Å². The minimum absolute atomic E-state index is 0.189. The standard InChI is InChI=1S/C15H15N3O3/c1-17-6-7-18(15(20)14(17)19)9-11(16)13-8-10-4-2-3-5-12(10)21-13/h2-8,11H,9,16H2,1H3. The first-order valence-corrected chi connectivity index (χ1v) is 6.56. The molecular weight excluding hydrogens is 270 g/mol. The van der Waals surface area contributed by atoms with Crippen LogP contribution in [0.3, 0.4) is 0 Å². The molecular formula is C15H15N3O3. The number of rotatable bonds is 3. The van der Waals surface area contributed by atoms with E-state index in [2.05, 4.69) is 0 Å². The van der Waals surface area contributed by atoms with Crippen molar-refractivity contribution in [3.8, 4) is 0 Å². The first-order valence-electron chi connectivity index (χ1n) is 6.56. The number of aromatic nitrogens is 2. The van der Waals surface area contributed by atoms with Crippen molar-refractivity contribution in [1.29, 1.82) is 0 Å². The van der Waals surface area contributed by atoms with E-state index in [1.54, 1.807) is 6.20 Å². The molecule has 21 heavy (non-hydrogen) atoms. The lowest BCUT2D eigenvalue weighted by molar-refractivity contribution is 0.448. The van der Waals surface area contributed by atoms with Crippen LogP contribution in [0.4, 0.5) is 0 Å². The van der Waals surface area contributed by atoms with Crippen molar-refractivity contribution in [2.45, 2.75) is 12.6 Å². The zero-order chi connectivity index (χ0) is 15.0. The number of benzene rings is 1. The maximum absolute atomic E-state index is 11.9. The first kappa shape index (κ1) is 13.4. The number of nitrogens with zero attached hydrogens (tertiary/aromatic N) is 2. The van der Waals surface area contributed by atoms with Crippen molar-refractivity contribution in [2.75, 3.05) is 0 Å². The minimum atomic E-state index is -0.591. The number of fused-ring (bicyclic) bond motifs is 1. The van der Waals surface area contributed by atoms with Gasteiger partial charge in [0.05, 0.1) is 6.04 Å². The van der Waals surface area contributed by atoms with E-state index >= 15 is 0 Å². The smallest absolute Gasteiger partial charge is 0.316 e. The van der Waals surface area contributed by atoms with E-state index in [1.807, 2.05) is 30.3 Å². The average molecular weight is 285 g/mol. The van der Waals surface area contributed by atoms with Crippen LogP contribution in [0.2, 0.25) is 0 Å². The predicted molar refractivity (Wildman–Crippen MR) is 79.1 cm³/mol. The Labute approximate surface area is 120 Å². The van der Waals surface area contributed by atoms with Gasteiger partial charge in [0.2, 0.25) is 0 Å². The van der Waals surface area contributed by atoms with E-state index < -0.39 is 17.2 Å². The molecule has 0 saturated carbocycles. The molecule has 6 nitrogen and oxygen atoms in total. The Morgan fingerprint density at radius 3 is 2.71 bits per heavy atom. The summed E-state index contributed by atoms with van der Waals surface area (Å²) in [7, 11) is 1.53. The van der Waals surface area contributed by atoms with E-state index in [9.17, 15) is 9.59 Å². The second-order valence-electron chi connectivity index (χ2n) is 4.96. The van der Waals surface area contributed by atoms with E-state index in [-0.39, 0.29) is 6.54 Å². The summed E-state index contributed by atoms with van der Waals surface area (Å²) in [5.41, 5.74) is 5.67. The van der Waals surface area contributed by atoms with Crippen molar-refractivity contribution in [1.82, 2.24) is 9.13 Å². The van der Waals surface area contributed by atoms with Gasteiger partial charge in [0.1, 0.15) is 11.3 Å². The molecule has 0 bridgehead atoms.